The van der Waals surface area contributed by atoms with Gasteiger partial charge in [0.05, 0.1) is 11.0 Å². The van der Waals surface area contributed by atoms with E-state index in [9.17, 15) is 0 Å². The zero-order valence-corrected chi connectivity index (χ0v) is 33.7. The third-order valence-electron chi connectivity index (χ3n) is 12.3. The highest BCUT2D eigenvalue weighted by Gasteiger charge is 2.19. The van der Waals surface area contributed by atoms with Crippen LogP contribution in [0.1, 0.15) is 0 Å². The summed E-state index contributed by atoms with van der Waals surface area (Å²) in [6.45, 7) is 0. The van der Waals surface area contributed by atoms with Crippen molar-refractivity contribution in [1.82, 2.24) is 19.5 Å². The maximum absolute atomic E-state index is 6.61. The summed E-state index contributed by atoms with van der Waals surface area (Å²) >= 11 is 0. The summed E-state index contributed by atoms with van der Waals surface area (Å²) in [6, 6.07) is 71.7. The van der Waals surface area contributed by atoms with Gasteiger partial charge in [0.25, 0.3) is 0 Å². The number of nitrogens with zero attached hydrogens (tertiary/aromatic N) is 4. The molecule has 63 heavy (non-hydrogen) atoms. The molecule has 0 atom stereocenters. The van der Waals surface area contributed by atoms with Crippen LogP contribution in [0.5, 0.6) is 0 Å². The van der Waals surface area contributed by atoms with E-state index in [1.165, 1.54) is 21.8 Å². The molecule has 0 aliphatic carbocycles. The maximum Gasteiger partial charge on any atom is 0.164 e. The van der Waals surface area contributed by atoms with E-state index >= 15 is 0 Å². The number of hydrogen-bond donors (Lipinski definition) is 0. The van der Waals surface area contributed by atoms with Gasteiger partial charge in [-0.25, -0.2) is 15.0 Å². The zero-order chi connectivity index (χ0) is 41.4. The Hall–Kier alpha value is -8.61. The van der Waals surface area contributed by atoms with Gasteiger partial charge >= 0.3 is 0 Å². The first-order valence-electron chi connectivity index (χ1n) is 21.1. The van der Waals surface area contributed by atoms with Crippen LogP contribution in [0.15, 0.2) is 215 Å². The van der Waals surface area contributed by atoms with E-state index < -0.39 is 0 Å². The van der Waals surface area contributed by atoms with E-state index in [2.05, 4.69) is 174 Å². The molecule has 0 saturated carbocycles. The molecule has 6 nitrogen and oxygen atoms in total. The number of aromatic nitrogens is 4. The van der Waals surface area contributed by atoms with Crippen LogP contribution in [-0.4, -0.2) is 19.5 Å². The molecule has 0 radical (unpaired) electrons. The zero-order valence-electron chi connectivity index (χ0n) is 33.7. The predicted molar refractivity (Wildman–Crippen MR) is 256 cm³/mol. The lowest BCUT2D eigenvalue weighted by molar-refractivity contribution is 0.668. The quantitative estimate of drug-likeness (QED) is 0.167. The average Bonchev–Trinajstić information content (AvgIpc) is 4.03. The first-order chi connectivity index (χ1) is 31.2. The number of para-hydroxylation sites is 4. The standard InChI is InChI=1S/C57H34N4O2/c1-3-12-35(13-4-1)36-22-24-37(25-23-36)55-58-56(39-26-29-45-44-17-8-10-21-50(44)62-52(45)33-39)60-57(59-55)40-27-30-46-48-32-38(28-31-51(48)63-53(46)34-40)42-18-11-19-47-43-16-7-9-20-49(43)61(54(42)47)41-14-5-2-6-15-41/h1-34H. The normalized spacial score (nSPS) is 11.8. The smallest absolute Gasteiger partial charge is 0.164 e. The Balaban J connectivity index is 0.941. The molecule has 13 rings (SSSR count). The number of fused-ring (bicyclic) bond motifs is 9. The molecule has 0 saturated heterocycles. The third-order valence-corrected chi connectivity index (χ3v) is 12.3. The Bertz CT molecular complexity index is 3900. The van der Waals surface area contributed by atoms with Crippen molar-refractivity contribution in [3.63, 3.8) is 0 Å². The van der Waals surface area contributed by atoms with Gasteiger partial charge in [-0.05, 0) is 77.4 Å². The number of furan rings is 2. The fraction of sp³-hybridized carbons (Fsp3) is 0. The van der Waals surface area contributed by atoms with Gasteiger partial charge in [-0.15, -0.1) is 0 Å². The van der Waals surface area contributed by atoms with Gasteiger partial charge in [0.15, 0.2) is 17.5 Å². The average molecular weight is 807 g/mol. The second-order valence-electron chi connectivity index (χ2n) is 16.0. The van der Waals surface area contributed by atoms with Crippen molar-refractivity contribution in [2.75, 3.05) is 0 Å². The SMILES string of the molecule is c1ccc(-c2ccc(-c3nc(-c4ccc5c(c4)oc4ccccc45)nc(-c4ccc5c(c4)oc4ccc(-c6cccc7c8ccccc8n(-c8ccccc8)c67)cc45)n3)cc2)cc1. The van der Waals surface area contributed by atoms with Crippen LogP contribution in [0.3, 0.4) is 0 Å². The van der Waals surface area contributed by atoms with Crippen molar-refractivity contribution in [3.8, 4) is 62.1 Å². The summed E-state index contributed by atoms with van der Waals surface area (Å²) in [6.07, 6.45) is 0. The Labute approximate surface area is 361 Å². The highest BCUT2D eigenvalue weighted by atomic mass is 16.3. The van der Waals surface area contributed by atoms with Crippen molar-refractivity contribution < 1.29 is 8.83 Å². The lowest BCUT2D eigenvalue weighted by atomic mass is 9.99. The van der Waals surface area contributed by atoms with Crippen molar-refractivity contribution >= 4 is 65.7 Å². The third kappa shape index (κ3) is 5.76. The largest absolute Gasteiger partial charge is 0.456 e. The summed E-state index contributed by atoms with van der Waals surface area (Å²) in [5.74, 6) is 1.69. The summed E-state index contributed by atoms with van der Waals surface area (Å²) in [7, 11) is 0. The van der Waals surface area contributed by atoms with Gasteiger partial charge in [-0.1, -0.05) is 146 Å². The molecule has 0 spiro atoms. The molecule has 0 aliphatic heterocycles. The summed E-state index contributed by atoms with van der Waals surface area (Å²) in [5.41, 5.74) is 13.8. The van der Waals surface area contributed by atoms with E-state index in [-0.39, 0.29) is 0 Å². The van der Waals surface area contributed by atoms with Crippen LogP contribution in [0.4, 0.5) is 0 Å². The minimum Gasteiger partial charge on any atom is -0.456 e. The Morgan fingerprint density at radius 1 is 0.302 bits per heavy atom. The van der Waals surface area contributed by atoms with Crippen molar-refractivity contribution in [2.45, 2.75) is 0 Å². The van der Waals surface area contributed by atoms with Gasteiger partial charge in [0.2, 0.25) is 0 Å². The molecule has 9 aromatic carbocycles. The summed E-state index contributed by atoms with van der Waals surface area (Å²) < 4.78 is 15.3. The molecule has 6 heteroatoms. The molecule has 0 amide bonds. The van der Waals surface area contributed by atoms with Crippen LogP contribution in [0.2, 0.25) is 0 Å². The molecular formula is C57H34N4O2. The van der Waals surface area contributed by atoms with Crippen LogP contribution in [0.25, 0.3) is 128 Å². The first-order valence-corrected chi connectivity index (χ1v) is 21.1. The van der Waals surface area contributed by atoms with Crippen molar-refractivity contribution in [2.24, 2.45) is 0 Å². The van der Waals surface area contributed by atoms with Crippen molar-refractivity contribution in [3.05, 3.63) is 206 Å². The van der Waals surface area contributed by atoms with Crippen LogP contribution < -0.4 is 0 Å². The fourth-order valence-corrected chi connectivity index (χ4v) is 9.25. The highest BCUT2D eigenvalue weighted by Crippen LogP contribution is 2.41. The number of benzene rings is 9. The van der Waals surface area contributed by atoms with E-state index in [4.69, 9.17) is 23.8 Å². The van der Waals surface area contributed by atoms with Gasteiger partial charge in [0, 0.05) is 60.3 Å². The Morgan fingerprint density at radius 2 is 0.810 bits per heavy atom. The highest BCUT2D eigenvalue weighted by molar-refractivity contribution is 6.15. The van der Waals surface area contributed by atoms with Crippen LogP contribution >= 0.6 is 0 Å². The van der Waals surface area contributed by atoms with E-state index in [0.29, 0.717) is 17.5 Å². The molecule has 0 bridgehead atoms. The molecule has 0 aliphatic rings. The molecule has 294 valence electrons. The monoisotopic (exact) mass is 806 g/mol. The van der Waals surface area contributed by atoms with E-state index in [1.54, 1.807) is 0 Å². The van der Waals surface area contributed by atoms with E-state index in [1.807, 2.05) is 36.4 Å². The minimum atomic E-state index is 0.551. The van der Waals surface area contributed by atoms with Gasteiger partial charge in [0.1, 0.15) is 22.3 Å². The minimum absolute atomic E-state index is 0.551. The summed E-state index contributed by atoms with van der Waals surface area (Å²) in [4.78, 5) is 15.3. The van der Waals surface area contributed by atoms with Crippen LogP contribution in [-0.2, 0) is 0 Å². The van der Waals surface area contributed by atoms with Gasteiger partial charge in [-0.2, -0.15) is 0 Å². The topological polar surface area (TPSA) is 69.9 Å². The molecule has 0 N–H and O–H groups in total. The fourth-order valence-electron chi connectivity index (χ4n) is 9.25. The van der Waals surface area contributed by atoms with Crippen LogP contribution in [0, 0.1) is 0 Å². The Kier molecular flexibility index (Phi) is 7.80. The van der Waals surface area contributed by atoms with Gasteiger partial charge in [-0.3, -0.25) is 0 Å². The van der Waals surface area contributed by atoms with Gasteiger partial charge < -0.3 is 13.4 Å². The molecule has 4 heterocycles. The molecule has 0 fully saturated rings. The molecule has 13 aromatic rings. The first kappa shape index (κ1) is 35.2. The molecule has 0 unspecified atom stereocenters. The lowest BCUT2D eigenvalue weighted by Crippen LogP contribution is -2.00. The lowest BCUT2D eigenvalue weighted by Gasteiger charge is -2.11. The number of rotatable bonds is 6. The second kappa shape index (κ2) is 14.0. The number of hydrogen-bond acceptors (Lipinski definition) is 5. The maximum atomic E-state index is 6.61. The van der Waals surface area contributed by atoms with E-state index in [0.717, 1.165) is 88.5 Å². The summed E-state index contributed by atoms with van der Waals surface area (Å²) in [5, 5.41) is 6.64. The predicted octanol–water partition coefficient (Wildman–Crippen LogP) is 15.1. The molecular weight excluding hydrogens is 773 g/mol. The second-order valence-corrected chi connectivity index (χ2v) is 16.0. The van der Waals surface area contributed by atoms with Crippen molar-refractivity contribution in [1.29, 1.82) is 0 Å². The Morgan fingerprint density at radius 3 is 1.54 bits per heavy atom. The molecule has 4 aromatic heterocycles.